The molecular formula is C21H25F3N2O4. The summed E-state index contributed by atoms with van der Waals surface area (Å²) in [5, 5.41) is 0. The Morgan fingerprint density at radius 3 is 2.43 bits per heavy atom. The Hall–Kier alpha value is -2.45. The summed E-state index contributed by atoms with van der Waals surface area (Å²) in [6, 6.07) is 0.499. The SMILES string of the molecule is COc1c(F)c(F)cc(C(=O)N2CCC(N3CC4(CCCCC4)OC3=O)CC2)c1F. The van der Waals surface area contributed by atoms with Gasteiger partial charge in [0.25, 0.3) is 5.91 Å². The summed E-state index contributed by atoms with van der Waals surface area (Å²) in [6.45, 7) is 1.13. The van der Waals surface area contributed by atoms with Crippen LogP contribution in [0.5, 0.6) is 5.75 Å². The highest BCUT2D eigenvalue weighted by atomic mass is 19.2. The minimum Gasteiger partial charge on any atom is -0.491 e. The lowest BCUT2D eigenvalue weighted by atomic mass is 9.84. The molecule has 30 heavy (non-hydrogen) atoms. The summed E-state index contributed by atoms with van der Waals surface area (Å²) < 4.78 is 52.2. The molecule has 0 unspecified atom stereocenters. The zero-order valence-electron chi connectivity index (χ0n) is 16.9. The molecule has 0 atom stereocenters. The number of ether oxygens (including phenoxy) is 2. The molecule has 1 aromatic rings. The molecule has 1 saturated carbocycles. The van der Waals surface area contributed by atoms with Crippen molar-refractivity contribution in [2.45, 2.75) is 56.6 Å². The first-order valence-electron chi connectivity index (χ1n) is 10.4. The van der Waals surface area contributed by atoms with Crippen molar-refractivity contribution in [3.63, 3.8) is 0 Å². The molecule has 1 aromatic carbocycles. The Morgan fingerprint density at radius 1 is 1.13 bits per heavy atom. The second-order valence-corrected chi connectivity index (χ2v) is 8.33. The van der Waals surface area contributed by atoms with E-state index in [0.29, 0.717) is 25.5 Å². The molecule has 6 nitrogen and oxygen atoms in total. The largest absolute Gasteiger partial charge is 0.491 e. The first-order valence-corrected chi connectivity index (χ1v) is 10.4. The number of carbonyl (C=O) groups excluding carboxylic acids is 2. The molecule has 9 heteroatoms. The fourth-order valence-electron chi connectivity index (χ4n) is 4.85. The van der Waals surface area contributed by atoms with Crippen LogP contribution in [0, 0.1) is 17.5 Å². The quantitative estimate of drug-likeness (QED) is 0.689. The van der Waals surface area contributed by atoms with Gasteiger partial charge in [0.05, 0.1) is 19.2 Å². The lowest BCUT2D eigenvalue weighted by Crippen LogP contribution is -2.48. The number of benzene rings is 1. The predicted molar refractivity (Wildman–Crippen MR) is 101 cm³/mol. The van der Waals surface area contributed by atoms with E-state index in [0.717, 1.165) is 39.2 Å². The standard InChI is InChI=1S/C21H25F3N2O4/c1-29-18-16(23)14(11-15(22)17(18)24)19(27)25-9-5-13(6-10-25)26-12-21(30-20(26)28)7-3-2-4-8-21/h11,13H,2-10,12H2,1H3. The molecule has 2 heterocycles. The maximum absolute atomic E-state index is 14.4. The summed E-state index contributed by atoms with van der Waals surface area (Å²) in [7, 11) is 1.01. The van der Waals surface area contributed by atoms with Crippen molar-refractivity contribution < 1.29 is 32.2 Å². The number of methoxy groups -OCH3 is 1. The Bertz CT molecular complexity index is 849. The monoisotopic (exact) mass is 426 g/mol. The van der Waals surface area contributed by atoms with Crippen molar-refractivity contribution in [2.75, 3.05) is 26.7 Å². The van der Waals surface area contributed by atoms with Crippen molar-refractivity contribution in [2.24, 2.45) is 0 Å². The molecule has 2 saturated heterocycles. The van der Waals surface area contributed by atoms with Crippen LogP contribution in [0.25, 0.3) is 0 Å². The average Bonchev–Trinajstić information content (AvgIpc) is 3.06. The van der Waals surface area contributed by atoms with Crippen LogP contribution in [-0.2, 0) is 4.74 Å². The molecular weight excluding hydrogens is 401 g/mol. The van der Waals surface area contributed by atoms with Crippen LogP contribution >= 0.6 is 0 Å². The van der Waals surface area contributed by atoms with Gasteiger partial charge in [-0.05, 0) is 44.6 Å². The van der Waals surface area contributed by atoms with Crippen LogP contribution in [0.4, 0.5) is 18.0 Å². The van der Waals surface area contributed by atoms with E-state index in [1.807, 2.05) is 0 Å². The normalized spacial score (nSPS) is 21.8. The Labute approximate surface area is 172 Å². The van der Waals surface area contributed by atoms with E-state index >= 15 is 0 Å². The average molecular weight is 426 g/mol. The van der Waals surface area contributed by atoms with E-state index < -0.39 is 34.7 Å². The molecule has 1 aliphatic carbocycles. The van der Waals surface area contributed by atoms with Gasteiger partial charge in [-0.25, -0.2) is 13.6 Å². The third-order valence-corrected chi connectivity index (χ3v) is 6.50. The van der Waals surface area contributed by atoms with Gasteiger partial charge in [0.2, 0.25) is 5.82 Å². The zero-order valence-corrected chi connectivity index (χ0v) is 16.9. The lowest BCUT2D eigenvalue weighted by molar-refractivity contribution is 0.0259. The van der Waals surface area contributed by atoms with Gasteiger partial charge in [-0.3, -0.25) is 4.79 Å². The molecule has 0 aromatic heterocycles. The van der Waals surface area contributed by atoms with Gasteiger partial charge >= 0.3 is 6.09 Å². The van der Waals surface area contributed by atoms with Crippen LogP contribution < -0.4 is 4.74 Å². The second-order valence-electron chi connectivity index (χ2n) is 8.33. The number of likely N-dealkylation sites (tertiary alicyclic amines) is 1. The zero-order chi connectivity index (χ0) is 21.5. The second kappa shape index (κ2) is 8.00. The van der Waals surface area contributed by atoms with E-state index in [1.54, 1.807) is 4.90 Å². The fourth-order valence-corrected chi connectivity index (χ4v) is 4.85. The molecule has 3 aliphatic rings. The van der Waals surface area contributed by atoms with E-state index in [9.17, 15) is 22.8 Å². The molecule has 0 bridgehead atoms. The molecule has 2 aliphatic heterocycles. The Morgan fingerprint density at radius 2 is 1.80 bits per heavy atom. The topological polar surface area (TPSA) is 59.1 Å². The van der Waals surface area contributed by atoms with E-state index in [4.69, 9.17) is 4.74 Å². The summed E-state index contributed by atoms with van der Waals surface area (Å²) in [4.78, 5) is 28.3. The van der Waals surface area contributed by atoms with E-state index in [1.165, 1.54) is 4.90 Å². The van der Waals surface area contributed by atoms with Crippen molar-refractivity contribution in [3.05, 3.63) is 29.1 Å². The van der Waals surface area contributed by atoms with Gasteiger partial charge in [0, 0.05) is 19.1 Å². The predicted octanol–water partition coefficient (Wildman–Crippen LogP) is 3.87. The van der Waals surface area contributed by atoms with E-state index in [-0.39, 0.29) is 30.8 Å². The minimum absolute atomic E-state index is 0.0628. The Balaban J connectivity index is 1.42. The van der Waals surface area contributed by atoms with Crippen molar-refractivity contribution in [1.82, 2.24) is 9.80 Å². The number of nitrogens with zero attached hydrogens (tertiary/aromatic N) is 2. The van der Waals surface area contributed by atoms with Crippen LogP contribution in [0.1, 0.15) is 55.3 Å². The summed E-state index contributed by atoms with van der Waals surface area (Å²) in [5.74, 6) is -5.66. The fraction of sp³-hybridized carbons (Fsp3) is 0.619. The first-order chi connectivity index (χ1) is 14.3. The van der Waals surface area contributed by atoms with Crippen LogP contribution in [0.3, 0.4) is 0 Å². The maximum atomic E-state index is 14.4. The van der Waals surface area contributed by atoms with Gasteiger partial charge in [0.1, 0.15) is 5.60 Å². The van der Waals surface area contributed by atoms with Gasteiger partial charge in [-0.15, -0.1) is 0 Å². The Kier molecular flexibility index (Phi) is 5.55. The molecule has 3 fully saturated rings. The summed E-state index contributed by atoms with van der Waals surface area (Å²) >= 11 is 0. The molecule has 164 valence electrons. The molecule has 2 amide bonds. The number of hydrogen-bond acceptors (Lipinski definition) is 4. The maximum Gasteiger partial charge on any atom is 0.410 e. The van der Waals surface area contributed by atoms with Crippen LogP contribution in [0.15, 0.2) is 6.07 Å². The first kappa shape index (κ1) is 20.8. The number of amides is 2. The lowest BCUT2D eigenvalue weighted by Gasteiger charge is -2.36. The molecule has 1 spiro atoms. The third kappa shape index (κ3) is 3.58. The van der Waals surface area contributed by atoms with Gasteiger partial charge in [-0.2, -0.15) is 4.39 Å². The third-order valence-electron chi connectivity index (χ3n) is 6.50. The minimum atomic E-state index is -1.46. The molecule has 0 radical (unpaired) electrons. The van der Waals surface area contributed by atoms with Crippen molar-refractivity contribution in [3.8, 4) is 5.75 Å². The number of carbonyl (C=O) groups is 2. The smallest absolute Gasteiger partial charge is 0.410 e. The molecule has 4 rings (SSSR count). The highest BCUT2D eigenvalue weighted by Gasteiger charge is 2.48. The van der Waals surface area contributed by atoms with Gasteiger partial charge in [-0.1, -0.05) is 6.42 Å². The van der Waals surface area contributed by atoms with Gasteiger partial charge < -0.3 is 19.3 Å². The van der Waals surface area contributed by atoms with E-state index in [2.05, 4.69) is 4.74 Å². The highest BCUT2D eigenvalue weighted by molar-refractivity contribution is 5.95. The number of hydrogen-bond donors (Lipinski definition) is 0. The summed E-state index contributed by atoms with van der Waals surface area (Å²) in [5.41, 5.74) is -0.945. The van der Waals surface area contributed by atoms with Gasteiger partial charge in [0.15, 0.2) is 17.4 Å². The van der Waals surface area contributed by atoms with Crippen molar-refractivity contribution >= 4 is 12.0 Å². The highest BCUT2D eigenvalue weighted by Crippen LogP contribution is 2.39. The molecule has 0 N–H and O–H groups in total. The number of rotatable bonds is 3. The van der Waals surface area contributed by atoms with Crippen LogP contribution in [-0.4, -0.2) is 60.2 Å². The summed E-state index contributed by atoms with van der Waals surface area (Å²) in [6.07, 6.45) is 5.74. The number of halogens is 3. The number of piperidine rings is 1. The van der Waals surface area contributed by atoms with Crippen molar-refractivity contribution in [1.29, 1.82) is 0 Å². The van der Waals surface area contributed by atoms with Crippen LogP contribution in [0.2, 0.25) is 0 Å².